The van der Waals surface area contributed by atoms with E-state index >= 15 is 0 Å². The van der Waals surface area contributed by atoms with E-state index in [1.54, 1.807) is 4.90 Å². The number of aliphatic hydroxyl groups excluding tert-OH is 3. The van der Waals surface area contributed by atoms with Gasteiger partial charge in [0.05, 0.1) is 19.8 Å². The lowest BCUT2D eigenvalue weighted by molar-refractivity contribution is -0.149. The normalized spacial score (nSPS) is 13.6. The molecule has 0 aromatic heterocycles. The highest BCUT2D eigenvalue weighted by Crippen LogP contribution is 2.39. The molecule has 1 unspecified atom stereocenters. The van der Waals surface area contributed by atoms with Crippen LogP contribution < -0.4 is 0 Å². The number of carboxylic acid groups (broad SMARTS) is 1. The first kappa shape index (κ1) is 20.7. The van der Waals surface area contributed by atoms with Crippen LogP contribution in [0.1, 0.15) is 0 Å². The van der Waals surface area contributed by atoms with Crippen molar-refractivity contribution in [3.05, 3.63) is 0 Å². The van der Waals surface area contributed by atoms with Gasteiger partial charge in [-0.1, -0.05) is 0 Å². The summed E-state index contributed by atoms with van der Waals surface area (Å²) in [4.78, 5) is 19.6. The third-order valence-corrected chi connectivity index (χ3v) is 2.64. The van der Waals surface area contributed by atoms with Gasteiger partial charge >= 0.3 is 13.6 Å². The summed E-state index contributed by atoms with van der Waals surface area (Å²) < 4.78 is 13.1. The largest absolute Gasteiger partial charge is 0.481 e. The van der Waals surface area contributed by atoms with Gasteiger partial charge in [0.2, 0.25) is 0 Å². The van der Waals surface area contributed by atoms with Gasteiger partial charge in [-0.15, -0.1) is 0 Å². The molecule has 116 valence electrons. The third kappa shape index (κ3) is 15.4. The summed E-state index contributed by atoms with van der Waals surface area (Å²) in [5.74, 6) is -1.50. The van der Waals surface area contributed by atoms with E-state index in [1.807, 2.05) is 0 Å². The first-order valence-corrected chi connectivity index (χ1v) is 7.01. The second-order valence-corrected chi connectivity index (χ2v) is 5.04. The Hall–Kier alpha value is -0.580. The van der Waals surface area contributed by atoms with Crippen molar-refractivity contribution in [3.63, 3.8) is 0 Å². The van der Waals surface area contributed by atoms with Gasteiger partial charge in [0.15, 0.2) is 0 Å². The molecule has 0 bridgehead atoms. The quantitative estimate of drug-likeness (QED) is 0.159. The van der Waals surface area contributed by atoms with Gasteiger partial charge in [-0.2, -0.15) is 4.67 Å². The molecule has 19 heavy (non-hydrogen) atoms. The van der Waals surface area contributed by atoms with Crippen LogP contribution in [-0.2, 0) is 14.0 Å². The van der Waals surface area contributed by atoms with Gasteiger partial charge in [-0.25, -0.2) is 5.26 Å². The maximum Gasteiger partial charge on any atom is 0.366 e. The molecule has 0 saturated heterocycles. The van der Waals surface area contributed by atoms with Crippen molar-refractivity contribution in [3.8, 4) is 0 Å². The van der Waals surface area contributed by atoms with Crippen LogP contribution in [0.4, 0.5) is 0 Å². The van der Waals surface area contributed by atoms with Gasteiger partial charge in [-0.3, -0.25) is 14.3 Å². The summed E-state index contributed by atoms with van der Waals surface area (Å²) >= 11 is 0. The molecule has 6 N–H and O–H groups in total. The number of aliphatic carboxylic acids is 1. The van der Waals surface area contributed by atoms with Gasteiger partial charge in [0.25, 0.3) is 0 Å². The zero-order valence-corrected chi connectivity index (χ0v) is 11.1. The molecule has 0 saturated carbocycles. The summed E-state index contributed by atoms with van der Waals surface area (Å²) in [7, 11) is -4.27. The number of nitrogens with zero attached hydrogens (tertiary/aromatic N) is 1. The lowest BCUT2D eigenvalue weighted by Gasteiger charge is -2.17. The highest BCUT2D eigenvalue weighted by molar-refractivity contribution is 7.53. The summed E-state index contributed by atoms with van der Waals surface area (Å²) in [6, 6.07) is 0. The van der Waals surface area contributed by atoms with Crippen molar-refractivity contribution in [2.45, 2.75) is 0 Å². The first-order valence-electron chi connectivity index (χ1n) is 5.24. The molecule has 0 spiro atoms. The fourth-order valence-corrected chi connectivity index (χ4v) is 1.36. The highest BCUT2D eigenvalue weighted by atomic mass is 31.2. The third-order valence-electron chi connectivity index (χ3n) is 1.71. The van der Waals surface area contributed by atoms with Crippen LogP contribution in [0.15, 0.2) is 0 Å². The molecule has 0 amide bonds. The van der Waals surface area contributed by atoms with Crippen LogP contribution >= 0.6 is 7.60 Å². The zero-order chi connectivity index (χ0) is 15.3. The second kappa shape index (κ2) is 12.5. The molecule has 0 aliphatic carbocycles. The minimum Gasteiger partial charge on any atom is -0.481 e. The van der Waals surface area contributed by atoms with E-state index in [-0.39, 0.29) is 19.8 Å². The lowest BCUT2D eigenvalue weighted by Crippen LogP contribution is -2.32. The van der Waals surface area contributed by atoms with Crippen molar-refractivity contribution >= 4 is 13.6 Å². The Labute approximate surface area is 109 Å². The topological polar surface area (TPSA) is 168 Å². The molecule has 0 heterocycles. The SMILES string of the molecule is O=C(O)CP(=O)(O)OO.OCCN(CCO)CCO. The fraction of sp³-hybridized carbons (Fsp3) is 0.875. The molecular weight excluding hydrogens is 285 g/mol. The van der Waals surface area contributed by atoms with Gasteiger partial charge < -0.3 is 25.3 Å². The van der Waals surface area contributed by atoms with Gasteiger partial charge in [0.1, 0.15) is 6.16 Å². The van der Waals surface area contributed by atoms with Crippen LogP contribution in [0.2, 0.25) is 0 Å². The van der Waals surface area contributed by atoms with Crippen LogP contribution in [0.5, 0.6) is 0 Å². The maximum atomic E-state index is 10.1. The monoisotopic (exact) mass is 305 g/mol. The summed E-state index contributed by atoms with van der Waals surface area (Å²) in [5.41, 5.74) is 0. The smallest absolute Gasteiger partial charge is 0.366 e. The summed E-state index contributed by atoms with van der Waals surface area (Å²) in [6.07, 6.45) is -1.09. The van der Waals surface area contributed by atoms with Crippen LogP contribution in [-0.4, -0.2) is 87.1 Å². The van der Waals surface area contributed by atoms with E-state index in [1.165, 1.54) is 0 Å². The molecule has 0 aromatic carbocycles. The van der Waals surface area contributed by atoms with E-state index < -0.39 is 19.7 Å². The molecule has 0 radical (unpaired) electrons. The number of carbonyl (C=O) groups is 1. The first-order chi connectivity index (χ1) is 8.82. The molecule has 1 atom stereocenters. The summed E-state index contributed by atoms with van der Waals surface area (Å²) in [6.45, 7) is 1.75. The van der Waals surface area contributed by atoms with Crippen LogP contribution in [0.3, 0.4) is 0 Å². The van der Waals surface area contributed by atoms with Crippen molar-refractivity contribution < 1.29 is 44.6 Å². The van der Waals surface area contributed by atoms with E-state index in [2.05, 4.69) is 4.67 Å². The predicted molar refractivity (Wildman–Crippen MR) is 63.7 cm³/mol. The van der Waals surface area contributed by atoms with Crippen LogP contribution in [0.25, 0.3) is 0 Å². The van der Waals surface area contributed by atoms with Crippen molar-refractivity contribution in [2.75, 3.05) is 45.6 Å². The minimum atomic E-state index is -4.27. The fourth-order valence-electron chi connectivity index (χ4n) is 0.959. The van der Waals surface area contributed by atoms with Crippen molar-refractivity contribution in [1.82, 2.24) is 4.90 Å². The molecule has 11 heteroatoms. The number of rotatable bonds is 9. The molecule has 0 aliphatic rings. The number of aliphatic hydroxyl groups is 3. The number of hydrogen-bond donors (Lipinski definition) is 6. The van der Waals surface area contributed by atoms with Crippen molar-refractivity contribution in [1.29, 1.82) is 0 Å². The molecule has 0 fully saturated rings. The van der Waals surface area contributed by atoms with E-state index in [0.29, 0.717) is 19.6 Å². The molecule has 10 nitrogen and oxygen atoms in total. The number of hydrogen-bond acceptors (Lipinski definition) is 8. The van der Waals surface area contributed by atoms with Gasteiger partial charge in [-0.05, 0) is 0 Å². The average Bonchev–Trinajstić information content (AvgIpc) is 2.29. The Morgan fingerprint density at radius 3 is 1.58 bits per heavy atom. The van der Waals surface area contributed by atoms with Crippen LogP contribution in [0, 0.1) is 0 Å². The molecular formula is C8H20NO9P. The molecule has 0 rings (SSSR count). The summed E-state index contributed by atoms with van der Waals surface area (Å²) in [5, 5.41) is 40.9. The van der Waals surface area contributed by atoms with E-state index in [4.69, 9.17) is 30.6 Å². The second-order valence-electron chi connectivity index (χ2n) is 3.28. The highest BCUT2D eigenvalue weighted by Gasteiger charge is 2.23. The molecule has 0 aromatic rings. The molecule has 0 aliphatic heterocycles. The predicted octanol–water partition coefficient (Wildman–Crippen LogP) is -1.99. The lowest BCUT2D eigenvalue weighted by atomic mass is 10.4. The Balaban J connectivity index is 0. The minimum absolute atomic E-state index is 0.0694. The van der Waals surface area contributed by atoms with Crippen molar-refractivity contribution in [2.24, 2.45) is 0 Å². The maximum absolute atomic E-state index is 10.1. The van der Waals surface area contributed by atoms with E-state index in [0.717, 1.165) is 0 Å². The Morgan fingerprint density at radius 1 is 1.05 bits per heavy atom. The Kier molecular flexibility index (Phi) is 13.6. The number of carboxylic acids is 1. The average molecular weight is 305 g/mol. The van der Waals surface area contributed by atoms with Gasteiger partial charge in [0, 0.05) is 19.6 Å². The zero-order valence-electron chi connectivity index (χ0n) is 10.3. The van der Waals surface area contributed by atoms with E-state index in [9.17, 15) is 9.36 Å². The Bertz CT molecular complexity index is 261. The standard InChI is InChI=1S/C6H15NO3.C2H5O6P/c8-4-1-7(2-5-9)3-6-10;3-2(4)1-9(6,7)8-5/h8-10H,1-6H2;5H,1H2,(H,3,4)(H,6,7). The Morgan fingerprint density at radius 2 is 1.42 bits per heavy atom.